The number of rotatable bonds is 2. The van der Waals surface area contributed by atoms with Gasteiger partial charge in [0.05, 0.1) is 6.04 Å². The first-order valence-corrected chi connectivity index (χ1v) is 4.78. The maximum absolute atomic E-state index is 12.7. The Balaban J connectivity index is 2.33. The largest absolute Gasteiger partial charge is 0.459 e. The maximum atomic E-state index is 12.7. The average Bonchev–Trinajstić information content (AvgIpc) is 2.68. The van der Waals surface area contributed by atoms with Gasteiger partial charge in [-0.1, -0.05) is 0 Å². The number of halogens is 1. The molecular weight excluding hydrogens is 193 g/mol. The van der Waals surface area contributed by atoms with Crippen LogP contribution in [0.25, 0.3) is 11.3 Å². The van der Waals surface area contributed by atoms with Gasteiger partial charge in [0.1, 0.15) is 17.3 Å². The highest BCUT2D eigenvalue weighted by Crippen LogP contribution is 2.24. The summed E-state index contributed by atoms with van der Waals surface area (Å²) in [4.78, 5) is 0. The van der Waals surface area contributed by atoms with Crippen molar-refractivity contribution in [3.05, 3.63) is 48.0 Å². The van der Waals surface area contributed by atoms with Crippen LogP contribution in [0.1, 0.15) is 18.7 Å². The molecule has 0 spiro atoms. The van der Waals surface area contributed by atoms with Crippen LogP contribution in [0, 0.1) is 5.82 Å². The van der Waals surface area contributed by atoms with Gasteiger partial charge in [0.25, 0.3) is 0 Å². The highest BCUT2D eigenvalue weighted by atomic mass is 19.1. The minimum Gasteiger partial charge on any atom is -0.459 e. The van der Waals surface area contributed by atoms with Crippen LogP contribution in [-0.2, 0) is 0 Å². The summed E-state index contributed by atoms with van der Waals surface area (Å²) in [5, 5.41) is 0. The number of benzene rings is 1. The average molecular weight is 205 g/mol. The molecule has 1 atom stereocenters. The molecule has 2 aromatic rings. The molecule has 1 aromatic carbocycles. The van der Waals surface area contributed by atoms with Gasteiger partial charge in [0.2, 0.25) is 0 Å². The normalized spacial score (nSPS) is 12.7. The second kappa shape index (κ2) is 3.87. The molecule has 3 heteroatoms. The second-order valence-electron chi connectivity index (χ2n) is 3.50. The number of hydrogen-bond acceptors (Lipinski definition) is 2. The van der Waals surface area contributed by atoms with Gasteiger partial charge in [-0.3, -0.25) is 0 Å². The van der Waals surface area contributed by atoms with Crippen molar-refractivity contribution >= 4 is 0 Å². The predicted octanol–water partition coefficient (Wildman–Crippen LogP) is 3.11. The van der Waals surface area contributed by atoms with E-state index in [1.54, 1.807) is 12.1 Å². The van der Waals surface area contributed by atoms with Crippen molar-refractivity contribution in [2.75, 3.05) is 0 Å². The van der Waals surface area contributed by atoms with Crippen LogP contribution >= 0.6 is 0 Å². The van der Waals surface area contributed by atoms with E-state index in [-0.39, 0.29) is 11.9 Å². The zero-order valence-electron chi connectivity index (χ0n) is 8.41. The molecule has 0 unspecified atom stereocenters. The molecule has 0 bridgehead atoms. The van der Waals surface area contributed by atoms with Crippen LogP contribution in [-0.4, -0.2) is 0 Å². The molecule has 0 aliphatic carbocycles. The summed E-state index contributed by atoms with van der Waals surface area (Å²) in [6, 6.07) is 9.72. The number of nitrogens with two attached hydrogens (primary N) is 1. The summed E-state index contributed by atoms with van der Waals surface area (Å²) in [6.45, 7) is 1.85. The number of furan rings is 1. The van der Waals surface area contributed by atoms with Crippen molar-refractivity contribution in [1.29, 1.82) is 0 Å². The van der Waals surface area contributed by atoms with E-state index in [4.69, 9.17) is 10.2 Å². The summed E-state index contributed by atoms with van der Waals surface area (Å²) >= 11 is 0. The van der Waals surface area contributed by atoms with Gasteiger partial charge in [-0.2, -0.15) is 0 Å². The van der Waals surface area contributed by atoms with E-state index >= 15 is 0 Å². The molecule has 78 valence electrons. The Hall–Kier alpha value is -1.61. The van der Waals surface area contributed by atoms with Crippen LogP contribution in [0.4, 0.5) is 4.39 Å². The Labute approximate surface area is 87.5 Å². The van der Waals surface area contributed by atoms with Crippen LogP contribution < -0.4 is 5.73 Å². The Morgan fingerprint density at radius 2 is 1.80 bits per heavy atom. The second-order valence-corrected chi connectivity index (χ2v) is 3.50. The minimum absolute atomic E-state index is 0.126. The van der Waals surface area contributed by atoms with E-state index in [1.807, 2.05) is 19.1 Å². The molecule has 0 radical (unpaired) electrons. The molecule has 15 heavy (non-hydrogen) atoms. The first-order chi connectivity index (χ1) is 7.16. The molecule has 0 fully saturated rings. The van der Waals surface area contributed by atoms with E-state index in [9.17, 15) is 4.39 Å². The first-order valence-electron chi connectivity index (χ1n) is 4.78. The highest BCUT2D eigenvalue weighted by Gasteiger charge is 2.07. The molecule has 0 amide bonds. The molecule has 0 aliphatic heterocycles. The van der Waals surface area contributed by atoms with Gasteiger partial charge in [0, 0.05) is 5.56 Å². The highest BCUT2D eigenvalue weighted by molar-refractivity contribution is 5.57. The Morgan fingerprint density at radius 3 is 2.33 bits per heavy atom. The lowest BCUT2D eigenvalue weighted by Gasteiger charge is -2.00. The molecule has 1 heterocycles. The fourth-order valence-electron chi connectivity index (χ4n) is 1.37. The Kier molecular flexibility index (Phi) is 2.56. The van der Waals surface area contributed by atoms with Crippen molar-refractivity contribution in [2.45, 2.75) is 13.0 Å². The van der Waals surface area contributed by atoms with Crippen molar-refractivity contribution in [1.82, 2.24) is 0 Å². The van der Waals surface area contributed by atoms with Crippen molar-refractivity contribution in [3.63, 3.8) is 0 Å². The summed E-state index contributed by atoms with van der Waals surface area (Å²) in [5.41, 5.74) is 6.53. The fourth-order valence-corrected chi connectivity index (χ4v) is 1.37. The van der Waals surface area contributed by atoms with Gasteiger partial charge in [0.15, 0.2) is 0 Å². The fraction of sp³-hybridized carbons (Fsp3) is 0.167. The van der Waals surface area contributed by atoms with Gasteiger partial charge in [-0.05, 0) is 43.3 Å². The summed E-state index contributed by atoms with van der Waals surface area (Å²) in [5.74, 6) is 1.19. The number of hydrogen-bond donors (Lipinski definition) is 1. The quantitative estimate of drug-likeness (QED) is 0.818. The third-order valence-electron chi connectivity index (χ3n) is 2.20. The lowest BCUT2D eigenvalue weighted by Crippen LogP contribution is -2.02. The molecular formula is C12H12FNO. The predicted molar refractivity (Wildman–Crippen MR) is 56.7 cm³/mol. The van der Waals surface area contributed by atoms with Crippen molar-refractivity contribution < 1.29 is 8.81 Å². The molecule has 2 rings (SSSR count). The maximum Gasteiger partial charge on any atom is 0.134 e. The van der Waals surface area contributed by atoms with Gasteiger partial charge >= 0.3 is 0 Å². The zero-order chi connectivity index (χ0) is 10.8. The lowest BCUT2D eigenvalue weighted by atomic mass is 10.2. The van der Waals surface area contributed by atoms with Gasteiger partial charge in [-0.25, -0.2) is 4.39 Å². The summed E-state index contributed by atoms with van der Waals surface area (Å²) in [6.07, 6.45) is 0. The Morgan fingerprint density at radius 1 is 1.13 bits per heavy atom. The summed E-state index contributed by atoms with van der Waals surface area (Å²) in [7, 11) is 0. The van der Waals surface area contributed by atoms with E-state index in [1.165, 1.54) is 12.1 Å². The van der Waals surface area contributed by atoms with Crippen LogP contribution in [0.2, 0.25) is 0 Å². The smallest absolute Gasteiger partial charge is 0.134 e. The van der Waals surface area contributed by atoms with E-state index in [0.29, 0.717) is 5.76 Å². The molecule has 0 aliphatic rings. The van der Waals surface area contributed by atoms with Crippen molar-refractivity contribution in [2.24, 2.45) is 5.73 Å². The Bertz CT molecular complexity index is 445. The van der Waals surface area contributed by atoms with Crippen LogP contribution in [0.5, 0.6) is 0 Å². The third-order valence-corrected chi connectivity index (χ3v) is 2.20. The molecule has 0 saturated heterocycles. The first kappa shape index (κ1) is 9.93. The summed E-state index contributed by atoms with van der Waals surface area (Å²) < 4.78 is 18.2. The molecule has 2 N–H and O–H groups in total. The standard InChI is InChI=1S/C12H12FNO/c1-8(14)11-6-7-12(15-11)9-2-4-10(13)5-3-9/h2-8H,14H2,1H3/t8-/m0/s1. The van der Waals surface area contributed by atoms with Crippen molar-refractivity contribution in [3.8, 4) is 11.3 Å². The molecule has 2 nitrogen and oxygen atoms in total. The van der Waals surface area contributed by atoms with E-state index in [2.05, 4.69) is 0 Å². The minimum atomic E-state index is -0.252. The SMILES string of the molecule is C[C@H](N)c1ccc(-c2ccc(F)cc2)o1. The van der Waals surface area contributed by atoms with Crippen LogP contribution in [0.15, 0.2) is 40.8 Å². The monoisotopic (exact) mass is 205 g/mol. The third kappa shape index (κ3) is 2.07. The van der Waals surface area contributed by atoms with E-state index < -0.39 is 0 Å². The van der Waals surface area contributed by atoms with Crippen LogP contribution in [0.3, 0.4) is 0 Å². The molecule has 1 aromatic heterocycles. The van der Waals surface area contributed by atoms with Gasteiger partial charge < -0.3 is 10.2 Å². The zero-order valence-corrected chi connectivity index (χ0v) is 8.41. The van der Waals surface area contributed by atoms with E-state index in [0.717, 1.165) is 11.3 Å². The lowest BCUT2D eigenvalue weighted by molar-refractivity contribution is 0.491. The van der Waals surface area contributed by atoms with Gasteiger partial charge in [-0.15, -0.1) is 0 Å². The topological polar surface area (TPSA) is 39.2 Å². The molecule has 0 saturated carbocycles.